The van der Waals surface area contributed by atoms with Crippen LogP contribution in [0.5, 0.6) is 0 Å². The van der Waals surface area contributed by atoms with Crippen molar-refractivity contribution in [2.45, 2.75) is 43.0 Å². The van der Waals surface area contributed by atoms with Gasteiger partial charge in [0.1, 0.15) is 5.82 Å². The van der Waals surface area contributed by atoms with Gasteiger partial charge in [-0.2, -0.15) is 4.98 Å². The molecule has 0 amide bonds. The van der Waals surface area contributed by atoms with Crippen LogP contribution in [0.25, 0.3) is 11.3 Å². The van der Waals surface area contributed by atoms with Crippen LogP contribution in [0.15, 0.2) is 65.6 Å². The highest BCUT2D eigenvalue weighted by atomic mass is 32.2. The Hall–Kier alpha value is -2.53. The molecule has 5 heteroatoms. The first-order chi connectivity index (χ1) is 13.8. The predicted molar refractivity (Wildman–Crippen MR) is 119 cm³/mol. The van der Waals surface area contributed by atoms with E-state index in [-0.39, 0.29) is 0 Å². The van der Waals surface area contributed by atoms with Crippen molar-refractivity contribution in [2.24, 2.45) is 0 Å². The van der Waals surface area contributed by atoms with E-state index in [1.807, 2.05) is 24.3 Å². The Kier molecular flexibility index (Phi) is 6.12. The van der Waals surface area contributed by atoms with Gasteiger partial charge in [-0.05, 0) is 37.3 Å². The summed E-state index contributed by atoms with van der Waals surface area (Å²) in [6.45, 7) is 0. The van der Waals surface area contributed by atoms with Crippen LogP contribution in [0.4, 0.5) is 17.5 Å². The molecule has 0 atom stereocenters. The molecule has 28 heavy (non-hydrogen) atoms. The molecule has 0 bridgehead atoms. The SMILES string of the molecule is CSc1cccc(Nc2cc(-c3ccccc3)nc(NC3CCCCC3)n2)c1. The summed E-state index contributed by atoms with van der Waals surface area (Å²) in [5.74, 6) is 1.52. The van der Waals surface area contributed by atoms with Crippen molar-refractivity contribution in [3.63, 3.8) is 0 Å². The molecule has 0 spiro atoms. The van der Waals surface area contributed by atoms with Gasteiger partial charge < -0.3 is 10.6 Å². The quantitative estimate of drug-likeness (QED) is 0.480. The Morgan fingerprint density at radius 2 is 1.71 bits per heavy atom. The fraction of sp³-hybridized carbons (Fsp3) is 0.304. The molecule has 2 N–H and O–H groups in total. The van der Waals surface area contributed by atoms with Crippen molar-refractivity contribution in [3.05, 3.63) is 60.7 Å². The standard InChI is InChI=1S/C23H26N4S/c1-28-20-14-8-13-19(15-20)24-22-16-21(17-9-4-2-5-10-17)26-23(27-22)25-18-11-6-3-7-12-18/h2,4-5,8-10,13-16,18H,3,6-7,11-12H2,1H3,(H2,24,25,26,27). The van der Waals surface area contributed by atoms with Crippen LogP contribution < -0.4 is 10.6 Å². The zero-order valence-electron chi connectivity index (χ0n) is 16.2. The maximum atomic E-state index is 4.81. The van der Waals surface area contributed by atoms with Crippen molar-refractivity contribution in [1.82, 2.24) is 9.97 Å². The Bertz CT molecular complexity index is 907. The smallest absolute Gasteiger partial charge is 0.225 e. The van der Waals surface area contributed by atoms with Gasteiger partial charge in [-0.15, -0.1) is 11.8 Å². The lowest BCUT2D eigenvalue weighted by atomic mass is 9.96. The van der Waals surface area contributed by atoms with Crippen molar-refractivity contribution in [1.29, 1.82) is 0 Å². The summed E-state index contributed by atoms with van der Waals surface area (Å²) in [7, 11) is 0. The topological polar surface area (TPSA) is 49.8 Å². The monoisotopic (exact) mass is 390 g/mol. The molecule has 2 aromatic carbocycles. The summed E-state index contributed by atoms with van der Waals surface area (Å²) in [6.07, 6.45) is 8.37. The van der Waals surface area contributed by atoms with E-state index in [4.69, 9.17) is 9.97 Å². The number of anilines is 3. The number of benzene rings is 2. The van der Waals surface area contributed by atoms with Crippen molar-refractivity contribution < 1.29 is 0 Å². The van der Waals surface area contributed by atoms with Crippen LogP contribution in [0.2, 0.25) is 0 Å². The molecule has 3 aromatic rings. The number of hydrogen-bond acceptors (Lipinski definition) is 5. The van der Waals surface area contributed by atoms with Gasteiger partial charge in [0.25, 0.3) is 0 Å². The van der Waals surface area contributed by atoms with E-state index in [0.717, 1.165) is 22.8 Å². The average Bonchev–Trinajstić information content (AvgIpc) is 2.75. The van der Waals surface area contributed by atoms with Crippen LogP contribution >= 0.6 is 11.8 Å². The molecule has 1 aliphatic carbocycles. The normalized spacial score (nSPS) is 14.6. The number of hydrogen-bond donors (Lipinski definition) is 2. The summed E-state index contributed by atoms with van der Waals surface area (Å²) in [4.78, 5) is 10.8. The second kappa shape index (κ2) is 9.11. The highest BCUT2D eigenvalue weighted by Crippen LogP contribution is 2.27. The molecule has 0 saturated heterocycles. The minimum absolute atomic E-state index is 0.465. The third kappa shape index (κ3) is 4.84. The highest BCUT2D eigenvalue weighted by Gasteiger charge is 2.15. The van der Waals surface area contributed by atoms with Crippen LogP contribution in [0.3, 0.4) is 0 Å². The Balaban J connectivity index is 1.64. The molecule has 1 saturated carbocycles. The Labute approximate surface area is 171 Å². The zero-order valence-corrected chi connectivity index (χ0v) is 17.0. The number of nitrogens with one attached hydrogen (secondary N) is 2. The fourth-order valence-electron chi connectivity index (χ4n) is 3.61. The van der Waals surface area contributed by atoms with Crippen molar-refractivity contribution in [2.75, 3.05) is 16.9 Å². The summed E-state index contributed by atoms with van der Waals surface area (Å²) in [5.41, 5.74) is 3.06. The molecular formula is C23H26N4S. The van der Waals surface area contributed by atoms with Crippen LogP contribution in [0.1, 0.15) is 32.1 Å². The van der Waals surface area contributed by atoms with Gasteiger partial charge in [0.15, 0.2) is 0 Å². The lowest BCUT2D eigenvalue weighted by Crippen LogP contribution is -2.23. The van der Waals surface area contributed by atoms with Gasteiger partial charge in [0.05, 0.1) is 5.69 Å². The number of nitrogens with zero attached hydrogens (tertiary/aromatic N) is 2. The molecule has 1 heterocycles. The molecule has 1 fully saturated rings. The van der Waals surface area contributed by atoms with Gasteiger partial charge >= 0.3 is 0 Å². The third-order valence-corrected chi connectivity index (χ3v) is 5.80. The summed E-state index contributed by atoms with van der Waals surface area (Å²) in [6, 6.07) is 21.2. The van der Waals surface area contributed by atoms with E-state index in [1.165, 1.54) is 37.0 Å². The average molecular weight is 391 g/mol. The van der Waals surface area contributed by atoms with Crippen molar-refractivity contribution >= 4 is 29.2 Å². The predicted octanol–water partition coefficient (Wildman–Crippen LogP) is 6.35. The second-order valence-electron chi connectivity index (χ2n) is 7.16. The third-order valence-electron chi connectivity index (χ3n) is 5.08. The zero-order chi connectivity index (χ0) is 19.2. The minimum Gasteiger partial charge on any atom is -0.351 e. The van der Waals surface area contributed by atoms with Gasteiger partial charge in [-0.1, -0.05) is 55.7 Å². The maximum absolute atomic E-state index is 4.81. The van der Waals surface area contributed by atoms with Crippen LogP contribution in [-0.2, 0) is 0 Å². The minimum atomic E-state index is 0.465. The van der Waals surface area contributed by atoms with Gasteiger partial charge in [0.2, 0.25) is 5.95 Å². The number of aromatic nitrogens is 2. The molecule has 4 rings (SSSR count). The van der Waals surface area contributed by atoms with E-state index in [0.29, 0.717) is 12.0 Å². The maximum Gasteiger partial charge on any atom is 0.225 e. The van der Waals surface area contributed by atoms with Gasteiger partial charge in [0, 0.05) is 28.3 Å². The van der Waals surface area contributed by atoms with E-state index in [9.17, 15) is 0 Å². The molecule has 0 aliphatic heterocycles. The van der Waals surface area contributed by atoms with E-state index in [2.05, 4.69) is 53.3 Å². The molecule has 0 radical (unpaired) electrons. The summed E-state index contributed by atoms with van der Waals surface area (Å²) >= 11 is 1.73. The second-order valence-corrected chi connectivity index (χ2v) is 8.04. The van der Waals surface area contributed by atoms with Crippen molar-refractivity contribution in [3.8, 4) is 11.3 Å². The Morgan fingerprint density at radius 3 is 2.50 bits per heavy atom. The first-order valence-corrected chi connectivity index (χ1v) is 11.1. The van der Waals surface area contributed by atoms with Gasteiger partial charge in [-0.3, -0.25) is 0 Å². The van der Waals surface area contributed by atoms with E-state index >= 15 is 0 Å². The molecule has 4 nitrogen and oxygen atoms in total. The molecule has 0 unspecified atom stereocenters. The number of rotatable bonds is 6. The lowest BCUT2D eigenvalue weighted by Gasteiger charge is -2.23. The highest BCUT2D eigenvalue weighted by molar-refractivity contribution is 7.98. The summed E-state index contributed by atoms with van der Waals surface area (Å²) < 4.78 is 0. The van der Waals surface area contributed by atoms with E-state index < -0.39 is 0 Å². The first kappa shape index (κ1) is 18.8. The number of thioether (sulfide) groups is 1. The molecular weight excluding hydrogens is 364 g/mol. The molecule has 1 aromatic heterocycles. The van der Waals surface area contributed by atoms with Crippen LogP contribution in [-0.4, -0.2) is 22.3 Å². The molecule has 1 aliphatic rings. The first-order valence-electron chi connectivity index (χ1n) is 9.92. The van der Waals surface area contributed by atoms with E-state index in [1.54, 1.807) is 11.8 Å². The molecule has 144 valence electrons. The summed E-state index contributed by atoms with van der Waals surface area (Å²) in [5, 5.41) is 7.04. The van der Waals surface area contributed by atoms with Crippen LogP contribution in [0, 0.1) is 0 Å². The Morgan fingerprint density at radius 1 is 0.893 bits per heavy atom. The fourth-order valence-corrected chi connectivity index (χ4v) is 4.07. The largest absolute Gasteiger partial charge is 0.351 e. The lowest BCUT2D eigenvalue weighted by molar-refractivity contribution is 0.461. The van der Waals surface area contributed by atoms with Gasteiger partial charge in [-0.25, -0.2) is 4.98 Å².